The molecule has 0 N–H and O–H groups in total. The third-order valence-corrected chi connectivity index (χ3v) is 3.41. The molecule has 1 saturated heterocycles. The van der Waals surface area contributed by atoms with Gasteiger partial charge in [0.25, 0.3) is 0 Å². The van der Waals surface area contributed by atoms with Crippen LogP contribution in [0.1, 0.15) is 24.5 Å². The van der Waals surface area contributed by atoms with Crippen LogP contribution >= 0.6 is 0 Å². The zero-order valence-electron chi connectivity index (χ0n) is 9.62. The van der Waals surface area contributed by atoms with E-state index < -0.39 is 0 Å². The Kier molecular flexibility index (Phi) is 2.78. The first-order valence-corrected chi connectivity index (χ1v) is 6.00. The second-order valence-corrected chi connectivity index (χ2v) is 4.43. The molecule has 0 atom stereocenters. The normalized spacial score (nSPS) is 17.3. The molecule has 0 unspecified atom stereocenters. The molecule has 3 rings (SSSR count). The van der Waals surface area contributed by atoms with Gasteiger partial charge < -0.3 is 9.42 Å². The molecule has 1 aromatic heterocycles. The molecule has 2 heterocycles. The summed E-state index contributed by atoms with van der Waals surface area (Å²) in [4.78, 5) is 2.42. The van der Waals surface area contributed by atoms with E-state index in [-0.39, 0.29) is 0 Å². The number of rotatable bonds is 2. The average molecular weight is 229 g/mol. The molecule has 0 saturated carbocycles. The summed E-state index contributed by atoms with van der Waals surface area (Å²) in [6.45, 7) is 2.14. The predicted molar refractivity (Wildman–Crippen MR) is 64.9 cm³/mol. The highest BCUT2D eigenvalue weighted by Crippen LogP contribution is 2.28. The Labute approximate surface area is 100 Å². The first-order chi connectivity index (χ1) is 8.43. The molecular formula is C13H15N3O. The zero-order valence-corrected chi connectivity index (χ0v) is 9.62. The summed E-state index contributed by atoms with van der Waals surface area (Å²) in [6.07, 6.45) is 3.90. The van der Waals surface area contributed by atoms with E-state index in [1.807, 2.05) is 0 Å². The van der Waals surface area contributed by atoms with E-state index in [1.165, 1.54) is 5.69 Å². The number of anilines is 1. The van der Waals surface area contributed by atoms with Crippen molar-refractivity contribution in [3.63, 3.8) is 0 Å². The van der Waals surface area contributed by atoms with Crippen molar-refractivity contribution in [2.75, 3.05) is 18.0 Å². The standard InChI is InChI=1S/C13H15N3O/c1-2-4-12(5-3-1)16-8-6-11(7-9-16)13-10-17-15-14-13/h1-5,10-11H,6-9H2. The molecule has 17 heavy (non-hydrogen) atoms. The Hall–Kier alpha value is -1.84. The summed E-state index contributed by atoms with van der Waals surface area (Å²) in [5.41, 5.74) is 2.31. The van der Waals surface area contributed by atoms with Gasteiger partial charge in [0.1, 0.15) is 12.0 Å². The van der Waals surface area contributed by atoms with Gasteiger partial charge >= 0.3 is 0 Å². The van der Waals surface area contributed by atoms with Crippen LogP contribution in [0.3, 0.4) is 0 Å². The minimum atomic E-state index is 0.501. The lowest BCUT2D eigenvalue weighted by Gasteiger charge is -2.32. The van der Waals surface area contributed by atoms with Crippen molar-refractivity contribution in [1.82, 2.24) is 10.4 Å². The lowest BCUT2D eigenvalue weighted by Crippen LogP contribution is -2.32. The van der Waals surface area contributed by atoms with Crippen LogP contribution in [-0.2, 0) is 0 Å². The van der Waals surface area contributed by atoms with E-state index in [0.29, 0.717) is 5.92 Å². The molecular weight excluding hydrogens is 214 g/mol. The molecule has 4 heteroatoms. The summed E-state index contributed by atoms with van der Waals surface area (Å²) in [6, 6.07) is 10.6. The molecule has 0 spiro atoms. The number of nitrogens with zero attached hydrogens (tertiary/aromatic N) is 3. The number of benzene rings is 1. The van der Waals surface area contributed by atoms with E-state index in [4.69, 9.17) is 4.52 Å². The largest absolute Gasteiger partial charge is 0.371 e. The highest BCUT2D eigenvalue weighted by atomic mass is 16.5. The van der Waals surface area contributed by atoms with Crippen LogP contribution in [0.15, 0.2) is 41.1 Å². The van der Waals surface area contributed by atoms with Gasteiger partial charge in [-0.25, -0.2) is 0 Å². The van der Waals surface area contributed by atoms with Crippen LogP contribution in [0.25, 0.3) is 0 Å². The summed E-state index contributed by atoms with van der Waals surface area (Å²) < 4.78 is 4.80. The Morgan fingerprint density at radius 1 is 1.12 bits per heavy atom. The predicted octanol–water partition coefficient (Wildman–Crippen LogP) is 2.45. The molecule has 1 fully saturated rings. The third kappa shape index (κ3) is 2.16. The second kappa shape index (κ2) is 4.57. The number of aromatic nitrogens is 2. The van der Waals surface area contributed by atoms with Crippen LogP contribution < -0.4 is 4.90 Å². The van der Waals surface area contributed by atoms with Crippen molar-refractivity contribution in [1.29, 1.82) is 0 Å². The fraction of sp³-hybridized carbons (Fsp3) is 0.385. The Morgan fingerprint density at radius 3 is 2.53 bits per heavy atom. The molecule has 0 radical (unpaired) electrons. The molecule has 4 nitrogen and oxygen atoms in total. The molecule has 88 valence electrons. The molecule has 1 aromatic carbocycles. The van der Waals surface area contributed by atoms with E-state index in [0.717, 1.165) is 31.6 Å². The topological polar surface area (TPSA) is 42.2 Å². The molecule has 2 aromatic rings. The summed E-state index contributed by atoms with van der Waals surface area (Å²) in [5.74, 6) is 0.501. The van der Waals surface area contributed by atoms with Gasteiger partial charge in [-0.1, -0.05) is 18.2 Å². The van der Waals surface area contributed by atoms with Gasteiger partial charge in [-0.2, -0.15) is 0 Å². The van der Waals surface area contributed by atoms with Crippen molar-refractivity contribution in [2.45, 2.75) is 18.8 Å². The Morgan fingerprint density at radius 2 is 1.88 bits per heavy atom. The van der Waals surface area contributed by atoms with Gasteiger partial charge in [-0.3, -0.25) is 0 Å². The quantitative estimate of drug-likeness (QED) is 0.793. The Balaban J connectivity index is 1.65. The maximum atomic E-state index is 4.80. The van der Waals surface area contributed by atoms with Crippen molar-refractivity contribution in [2.24, 2.45) is 0 Å². The summed E-state index contributed by atoms with van der Waals surface area (Å²) in [5, 5.41) is 7.54. The average Bonchev–Trinajstić information content (AvgIpc) is 2.94. The molecule has 0 bridgehead atoms. The molecule has 0 amide bonds. The number of para-hydroxylation sites is 1. The van der Waals surface area contributed by atoms with Crippen LogP contribution in [0.4, 0.5) is 5.69 Å². The number of hydrogen-bond donors (Lipinski definition) is 0. The van der Waals surface area contributed by atoms with E-state index in [2.05, 4.69) is 45.6 Å². The van der Waals surface area contributed by atoms with Crippen LogP contribution in [0.5, 0.6) is 0 Å². The highest BCUT2D eigenvalue weighted by Gasteiger charge is 2.22. The summed E-state index contributed by atoms with van der Waals surface area (Å²) in [7, 11) is 0. The van der Waals surface area contributed by atoms with Gasteiger partial charge in [0.05, 0.1) is 0 Å². The fourth-order valence-electron chi connectivity index (χ4n) is 2.42. The molecule has 1 aliphatic heterocycles. The maximum absolute atomic E-state index is 4.80. The van der Waals surface area contributed by atoms with Gasteiger partial charge in [0.2, 0.25) is 0 Å². The highest BCUT2D eigenvalue weighted by molar-refractivity contribution is 5.46. The molecule has 1 aliphatic rings. The number of hydrogen-bond acceptors (Lipinski definition) is 4. The van der Waals surface area contributed by atoms with Crippen molar-refractivity contribution in [3.8, 4) is 0 Å². The second-order valence-electron chi connectivity index (χ2n) is 4.43. The fourth-order valence-corrected chi connectivity index (χ4v) is 2.42. The zero-order chi connectivity index (χ0) is 11.5. The smallest absolute Gasteiger partial charge is 0.147 e. The molecule has 0 aliphatic carbocycles. The first kappa shape index (κ1) is 10.3. The van der Waals surface area contributed by atoms with Gasteiger partial charge in [0, 0.05) is 30.0 Å². The van der Waals surface area contributed by atoms with Crippen LogP contribution in [0, 0.1) is 0 Å². The van der Waals surface area contributed by atoms with Crippen molar-refractivity contribution >= 4 is 5.69 Å². The first-order valence-electron chi connectivity index (χ1n) is 6.00. The van der Waals surface area contributed by atoms with Crippen LogP contribution in [0.2, 0.25) is 0 Å². The minimum absolute atomic E-state index is 0.501. The summed E-state index contributed by atoms with van der Waals surface area (Å²) >= 11 is 0. The van der Waals surface area contributed by atoms with Gasteiger partial charge in [-0.05, 0) is 25.0 Å². The minimum Gasteiger partial charge on any atom is -0.371 e. The van der Waals surface area contributed by atoms with Gasteiger partial charge in [-0.15, -0.1) is 5.10 Å². The van der Waals surface area contributed by atoms with Gasteiger partial charge in [0.15, 0.2) is 0 Å². The van der Waals surface area contributed by atoms with Crippen molar-refractivity contribution < 1.29 is 4.52 Å². The van der Waals surface area contributed by atoms with E-state index in [9.17, 15) is 0 Å². The lowest BCUT2D eigenvalue weighted by molar-refractivity contribution is 0.392. The van der Waals surface area contributed by atoms with E-state index in [1.54, 1.807) is 6.26 Å². The SMILES string of the molecule is c1ccc(N2CCC(c3conn3)CC2)cc1. The lowest BCUT2D eigenvalue weighted by atomic mass is 9.94. The van der Waals surface area contributed by atoms with Crippen LogP contribution in [-0.4, -0.2) is 23.5 Å². The van der Waals surface area contributed by atoms with Crippen molar-refractivity contribution in [3.05, 3.63) is 42.3 Å². The number of piperidine rings is 1. The monoisotopic (exact) mass is 229 g/mol. The van der Waals surface area contributed by atoms with E-state index >= 15 is 0 Å². The Bertz CT molecular complexity index is 447. The maximum Gasteiger partial charge on any atom is 0.147 e. The third-order valence-electron chi connectivity index (χ3n) is 3.41.